The summed E-state index contributed by atoms with van der Waals surface area (Å²) < 4.78 is 13.4. The van der Waals surface area contributed by atoms with Crippen molar-refractivity contribution < 1.29 is 9.50 Å². The van der Waals surface area contributed by atoms with E-state index in [0.717, 1.165) is 31.5 Å². The molecule has 0 heterocycles. The lowest BCUT2D eigenvalue weighted by atomic mass is 9.83. The van der Waals surface area contributed by atoms with Gasteiger partial charge in [-0.15, -0.1) is 0 Å². The predicted molar refractivity (Wildman–Crippen MR) is 73.1 cm³/mol. The van der Waals surface area contributed by atoms with Gasteiger partial charge in [0, 0.05) is 18.6 Å². The van der Waals surface area contributed by atoms with E-state index in [1.54, 1.807) is 6.07 Å². The lowest BCUT2D eigenvalue weighted by Crippen LogP contribution is -2.37. The van der Waals surface area contributed by atoms with Gasteiger partial charge in [-0.2, -0.15) is 0 Å². The quantitative estimate of drug-likeness (QED) is 0.698. The van der Waals surface area contributed by atoms with Crippen LogP contribution >= 0.6 is 0 Å². The molecule has 18 heavy (non-hydrogen) atoms. The van der Waals surface area contributed by atoms with Gasteiger partial charge in [-0.25, -0.2) is 4.39 Å². The minimum atomic E-state index is -0.140. The van der Waals surface area contributed by atoms with Crippen LogP contribution in [0.3, 0.4) is 0 Å². The molecule has 0 unspecified atom stereocenters. The highest BCUT2D eigenvalue weighted by molar-refractivity contribution is 5.17. The Kier molecular flexibility index (Phi) is 6.30. The van der Waals surface area contributed by atoms with Gasteiger partial charge in [0.2, 0.25) is 0 Å². The molecule has 1 aromatic carbocycles. The van der Waals surface area contributed by atoms with Crippen LogP contribution in [0.25, 0.3) is 0 Å². The van der Waals surface area contributed by atoms with Crippen molar-refractivity contribution in [1.82, 2.24) is 5.32 Å². The lowest BCUT2D eigenvalue weighted by molar-refractivity contribution is 0.113. The van der Waals surface area contributed by atoms with Crippen molar-refractivity contribution in [1.29, 1.82) is 0 Å². The zero-order valence-corrected chi connectivity index (χ0v) is 11.4. The molecule has 3 heteroatoms. The molecule has 0 spiro atoms. The Labute approximate surface area is 109 Å². The van der Waals surface area contributed by atoms with Gasteiger partial charge in [-0.05, 0) is 37.4 Å². The number of nitrogens with one attached hydrogen (secondary N) is 1. The second-order valence-electron chi connectivity index (χ2n) is 4.88. The summed E-state index contributed by atoms with van der Waals surface area (Å²) in [5.74, 6) is -0.140. The standard InChI is InChI=1S/C15H24FNO/c1-3-15(4-2,12-18)11-17-10-9-13-7-5-6-8-14(13)16/h5-8,17-18H,3-4,9-12H2,1-2H3. The van der Waals surface area contributed by atoms with Crippen molar-refractivity contribution in [2.45, 2.75) is 33.1 Å². The number of benzene rings is 1. The summed E-state index contributed by atoms with van der Waals surface area (Å²) in [5.41, 5.74) is 0.711. The van der Waals surface area contributed by atoms with Crippen LogP contribution in [-0.4, -0.2) is 24.8 Å². The third kappa shape index (κ3) is 4.07. The summed E-state index contributed by atoms with van der Waals surface area (Å²) in [6.45, 7) is 5.91. The third-order valence-corrected chi connectivity index (χ3v) is 3.86. The van der Waals surface area contributed by atoms with E-state index in [1.807, 2.05) is 12.1 Å². The Morgan fingerprint density at radius 2 is 1.89 bits per heavy atom. The molecule has 0 saturated carbocycles. The number of halogens is 1. The molecule has 1 aromatic rings. The molecule has 2 N–H and O–H groups in total. The maximum atomic E-state index is 13.4. The number of rotatable bonds is 8. The van der Waals surface area contributed by atoms with Gasteiger partial charge in [0.25, 0.3) is 0 Å². The van der Waals surface area contributed by atoms with Gasteiger partial charge in [0.15, 0.2) is 0 Å². The summed E-state index contributed by atoms with van der Waals surface area (Å²) in [4.78, 5) is 0. The molecule has 0 radical (unpaired) electrons. The Hall–Kier alpha value is -0.930. The highest BCUT2D eigenvalue weighted by Gasteiger charge is 2.24. The van der Waals surface area contributed by atoms with Crippen LogP contribution in [0.15, 0.2) is 24.3 Å². The molecular formula is C15H24FNO. The van der Waals surface area contributed by atoms with Gasteiger partial charge in [0.1, 0.15) is 5.82 Å². The average Bonchev–Trinajstić information content (AvgIpc) is 2.42. The van der Waals surface area contributed by atoms with E-state index in [0.29, 0.717) is 6.42 Å². The number of hydrogen-bond donors (Lipinski definition) is 2. The fourth-order valence-corrected chi connectivity index (χ4v) is 2.06. The van der Waals surface area contributed by atoms with E-state index in [2.05, 4.69) is 19.2 Å². The fraction of sp³-hybridized carbons (Fsp3) is 0.600. The van der Waals surface area contributed by atoms with Crippen LogP contribution < -0.4 is 5.32 Å². The lowest BCUT2D eigenvalue weighted by Gasteiger charge is -2.29. The van der Waals surface area contributed by atoms with Crippen molar-refractivity contribution in [2.75, 3.05) is 19.7 Å². The number of aliphatic hydroxyl groups is 1. The largest absolute Gasteiger partial charge is 0.396 e. The summed E-state index contributed by atoms with van der Waals surface area (Å²) in [6, 6.07) is 6.87. The smallest absolute Gasteiger partial charge is 0.126 e. The molecule has 2 nitrogen and oxygen atoms in total. The number of hydrogen-bond acceptors (Lipinski definition) is 2. The summed E-state index contributed by atoms with van der Waals surface area (Å²) in [6.07, 6.45) is 2.58. The maximum Gasteiger partial charge on any atom is 0.126 e. The first kappa shape index (κ1) is 15.1. The van der Waals surface area contributed by atoms with Gasteiger partial charge < -0.3 is 10.4 Å². The second-order valence-corrected chi connectivity index (χ2v) is 4.88. The van der Waals surface area contributed by atoms with E-state index < -0.39 is 0 Å². The molecule has 0 saturated heterocycles. The van der Waals surface area contributed by atoms with Crippen LogP contribution in [0.2, 0.25) is 0 Å². The van der Waals surface area contributed by atoms with Gasteiger partial charge in [0.05, 0.1) is 0 Å². The summed E-state index contributed by atoms with van der Waals surface area (Å²) in [7, 11) is 0. The van der Waals surface area contributed by atoms with Crippen molar-refractivity contribution in [3.05, 3.63) is 35.6 Å². The van der Waals surface area contributed by atoms with Crippen molar-refractivity contribution in [3.63, 3.8) is 0 Å². The molecule has 0 amide bonds. The fourth-order valence-electron chi connectivity index (χ4n) is 2.06. The third-order valence-electron chi connectivity index (χ3n) is 3.86. The van der Waals surface area contributed by atoms with Crippen LogP contribution in [0, 0.1) is 11.2 Å². The first-order valence-corrected chi connectivity index (χ1v) is 6.72. The Balaban J connectivity index is 2.37. The normalized spacial score (nSPS) is 11.8. The van der Waals surface area contributed by atoms with Crippen molar-refractivity contribution in [2.24, 2.45) is 5.41 Å². The van der Waals surface area contributed by atoms with Crippen LogP contribution in [0.1, 0.15) is 32.3 Å². The zero-order valence-electron chi connectivity index (χ0n) is 11.4. The molecule has 0 aliphatic carbocycles. The molecule has 0 aromatic heterocycles. The SMILES string of the molecule is CCC(CC)(CO)CNCCc1ccccc1F. The monoisotopic (exact) mass is 253 g/mol. The first-order valence-electron chi connectivity index (χ1n) is 6.72. The molecule has 0 aliphatic heterocycles. The maximum absolute atomic E-state index is 13.4. The minimum absolute atomic E-state index is 0.0325. The van der Waals surface area contributed by atoms with E-state index >= 15 is 0 Å². The van der Waals surface area contributed by atoms with Crippen LogP contribution in [0.4, 0.5) is 4.39 Å². The van der Waals surface area contributed by atoms with Gasteiger partial charge in [-0.1, -0.05) is 32.0 Å². The number of aliphatic hydroxyl groups excluding tert-OH is 1. The van der Waals surface area contributed by atoms with Crippen LogP contribution in [0.5, 0.6) is 0 Å². The second kappa shape index (κ2) is 7.49. The predicted octanol–water partition coefficient (Wildman–Crippen LogP) is 2.76. The molecule has 1 rings (SSSR count). The molecule has 102 valence electrons. The van der Waals surface area contributed by atoms with Crippen molar-refractivity contribution in [3.8, 4) is 0 Å². The summed E-state index contributed by atoms with van der Waals surface area (Å²) in [5, 5.41) is 12.8. The molecule has 0 atom stereocenters. The Morgan fingerprint density at radius 3 is 2.44 bits per heavy atom. The Morgan fingerprint density at radius 1 is 1.22 bits per heavy atom. The first-order chi connectivity index (χ1) is 8.67. The van der Waals surface area contributed by atoms with Gasteiger partial charge >= 0.3 is 0 Å². The van der Waals surface area contributed by atoms with E-state index in [1.165, 1.54) is 6.07 Å². The van der Waals surface area contributed by atoms with E-state index in [9.17, 15) is 9.50 Å². The molecular weight excluding hydrogens is 229 g/mol. The zero-order chi connectivity index (χ0) is 13.4. The van der Waals surface area contributed by atoms with E-state index in [4.69, 9.17) is 0 Å². The summed E-state index contributed by atoms with van der Waals surface area (Å²) >= 11 is 0. The Bertz CT molecular complexity index is 342. The van der Waals surface area contributed by atoms with E-state index in [-0.39, 0.29) is 17.8 Å². The molecule has 0 bridgehead atoms. The van der Waals surface area contributed by atoms with Crippen LogP contribution in [-0.2, 0) is 6.42 Å². The topological polar surface area (TPSA) is 32.3 Å². The molecule has 0 aliphatic rings. The highest BCUT2D eigenvalue weighted by atomic mass is 19.1. The molecule has 0 fully saturated rings. The minimum Gasteiger partial charge on any atom is -0.396 e. The van der Waals surface area contributed by atoms with Gasteiger partial charge in [-0.3, -0.25) is 0 Å². The average molecular weight is 253 g/mol. The van der Waals surface area contributed by atoms with Crippen molar-refractivity contribution >= 4 is 0 Å². The highest BCUT2D eigenvalue weighted by Crippen LogP contribution is 2.24.